The van der Waals surface area contributed by atoms with Crippen LogP contribution in [0.15, 0.2) is 179 Å². The van der Waals surface area contributed by atoms with Gasteiger partial charge in [0.2, 0.25) is 0 Å². The molecule has 0 aliphatic carbocycles. The predicted octanol–water partition coefficient (Wildman–Crippen LogP) is 13.3. The molecule has 0 saturated heterocycles. The van der Waals surface area contributed by atoms with Crippen molar-refractivity contribution in [3.05, 3.63) is 170 Å². The van der Waals surface area contributed by atoms with Crippen molar-refractivity contribution in [2.45, 2.75) is 0 Å². The summed E-state index contributed by atoms with van der Waals surface area (Å²) in [6.45, 7) is 0. The van der Waals surface area contributed by atoms with Crippen molar-refractivity contribution < 1.29 is 8.83 Å². The van der Waals surface area contributed by atoms with Gasteiger partial charge in [0, 0.05) is 60.5 Å². The third-order valence-corrected chi connectivity index (χ3v) is 10.9. The van der Waals surface area contributed by atoms with E-state index in [0.29, 0.717) is 0 Å². The first-order chi connectivity index (χ1) is 25.8. The molecule has 4 heterocycles. The lowest BCUT2D eigenvalue weighted by atomic mass is 10.0. The Labute approximate surface area is 296 Å². The maximum atomic E-state index is 6.30. The highest BCUT2D eigenvalue weighted by Gasteiger charge is 2.18. The summed E-state index contributed by atoms with van der Waals surface area (Å²) in [7, 11) is 0. The normalized spacial score (nSPS) is 12.2. The number of para-hydroxylation sites is 4. The largest absolute Gasteiger partial charge is 0.456 e. The molecule has 52 heavy (non-hydrogen) atoms. The summed E-state index contributed by atoms with van der Waals surface area (Å²) in [5.41, 5.74) is 12.9. The fourth-order valence-corrected chi connectivity index (χ4v) is 8.57. The van der Waals surface area contributed by atoms with Gasteiger partial charge in [0.15, 0.2) is 0 Å². The lowest BCUT2D eigenvalue weighted by Crippen LogP contribution is -1.93. The summed E-state index contributed by atoms with van der Waals surface area (Å²) in [6, 6.07) is 60.8. The average Bonchev–Trinajstić information content (AvgIpc) is 3.94. The lowest BCUT2D eigenvalue weighted by molar-refractivity contribution is 0.668. The van der Waals surface area contributed by atoms with E-state index in [0.717, 1.165) is 55.3 Å². The number of furan rings is 2. The summed E-state index contributed by atoms with van der Waals surface area (Å²) in [4.78, 5) is 0. The summed E-state index contributed by atoms with van der Waals surface area (Å²) in [6.07, 6.45) is 0. The Morgan fingerprint density at radius 2 is 0.712 bits per heavy atom. The number of benzene rings is 8. The van der Waals surface area contributed by atoms with E-state index in [1.807, 2.05) is 24.3 Å². The standard InChI is InChI=1S/C48H28N2O2/c1-5-13-41-33(9-1)38-25-29(17-22-43(38)49(41)31-20-24-47-40(27-31)36-12-4-8-16-46(36)51-47)30-18-23-44-39(26-30)34-10-2-6-14-42(34)50(44)32-19-21-37-35-11-3-7-15-45(35)52-48(37)28-32/h1-28H. The molecule has 242 valence electrons. The van der Waals surface area contributed by atoms with Gasteiger partial charge in [0.05, 0.1) is 22.1 Å². The molecule has 0 atom stereocenters. The van der Waals surface area contributed by atoms with Crippen LogP contribution in [0.5, 0.6) is 0 Å². The highest BCUT2D eigenvalue weighted by Crippen LogP contribution is 2.40. The molecule has 0 aliphatic rings. The molecular formula is C48H28N2O2. The minimum atomic E-state index is 0.895. The summed E-state index contributed by atoms with van der Waals surface area (Å²) >= 11 is 0. The van der Waals surface area contributed by atoms with Gasteiger partial charge in [-0.2, -0.15) is 0 Å². The van der Waals surface area contributed by atoms with E-state index in [-0.39, 0.29) is 0 Å². The molecule has 0 fully saturated rings. The van der Waals surface area contributed by atoms with Gasteiger partial charge in [-0.1, -0.05) is 84.9 Å². The van der Waals surface area contributed by atoms with Crippen molar-refractivity contribution in [3.63, 3.8) is 0 Å². The lowest BCUT2D eigenvalue weighted by Gasteiger charge is -2.10. The smallest absolute Gasteiger partial charge is 0.137 e. The van der Waals surface area contributed by atoms with Gasteiger partial charge in [0.1, 0.15) is 22.3 Å². The molecule has 12 aromatic rings. The third kappa shape index (κ3) is 3.81. The molecular weight excluding hydrogens is 637 g/mol. The van der Waals surface area contributed by atoms with Crippen molar-refractivity contribution in [2.75, 3.05) is 0 Å². The van der Waals surface area contributed by atoms with Crippen LogP contribution in [0.1, 0.15) is 0 Å². The van der Waals surface area contributed by atoms with Crippen molar-refractivity contribution in [3.8, 4) is 22.5 Å². The van der Waals surface area contributed by atoms with Gasteiger partial charge in [0.25, 0.3) is 0 Å². The highest BCUT2D eigenvalue weighted by atomic mass is 16.3. The molecule has 0 bridgehead atoms. The Morgan fingerprint density at radius 3 is 1.35 bits per heavy atom. The van der Waals surface area contributed by atoms with Crippen LogP contribution < -0.4 is 0 Å². The zero-order valence-electron chi connectivity index (χ0n) is 27.9. The number of rotatable bonds is 3. The van der Waals surface area contributed by atoms with Crippen molar-refractivity contribution in [2.24, 2.45) is 0 Å². The molecule has 0 spiro atoms. The van der Waals surface area contributed by atoms with E-state index in [4.69, 9.17) is 8.83 Å². The van der Waals surface area contributed by atoms with Gasteiger partial charge in [-0.3, -0.25) is 0 Å². The van der Waals surface area contributed by atoms with Gasteiger partial charge < -0.3 is 18.0 Å². The molecule has 8 aromatic carbocycles. The SMILES string of the molecule is c1ccc2c(c1)oc1cc(-n3c4ccccc4c4cc(-c5ccc6c(c5)c5ccccc5n6-c5ccc6oc7ccccc7c6c5)ccc43)ccc12. The van der Waals surface area contributed by atoms with Crippen molar-refractivity contribution in [1.29, 1.82) is 0 Å². The summed E-state index contributed by atoms with van der Waals surface area (Å²) < 4.78 is 17.2. The van der Waals surface area contributed by atoms with Crippen LogP contribution in [-0.4, -0.2) is 9.13 Å². The summed E-state index contributed by atoms with van der Waals surface area (Å²) in [5, 5.41) is 9.44. The molecule has 0 N–H and O–H groups in total. The first-order valence-corrected chi connectivity index (χ1v) is 17.7. The van der Waals surface area contributed by atoms with Gasteiger partial charge in [-0.15, -0.1) is 0 Å². The van der Waals surface area contributed by atoms with Crippen LogP contribution >= 0.6 is 0 Å². The van der Waals surface area contributed by atoms with Crippen molar-refractivity contribution in [1.82, 2.24) is 9.13 Å². The van der Waals surface area contributed by atoms with Crippen LogP contribution in [0.4, 0.5) is 0 Å². The zero-order chi connectivity index (χ0) is 33.9. The highest BCUT2D eigenvalue weighted by molar-refractivity contribution is 6.14. The average molecular weight is 665 g/mol. The Kier molecular flexibility index (Phi) is 5.47. The van der Waals surface area contributed by atoms with E-state index in [1.54, 1.807) is 0 Å². The van der Waals surface area contributed by atoms with E-state index in [2.05, 4.69) is 155 Å². The molecule has 0 radical (unpaired) electrons. The molecule has 4 nitrogen and oxygen atoms in total. The molecule has 0 aliphatic heterocycles. The Hall–Kier alpha value is -7.04. The van der Waals surface area contributed by atoms with Gasteiger partial charge >= 0.3 is 0 Å². The number of nitrogens with zero attached hydrogens (tertiary/aromatic N) is 2. The van der Waals surface area contributed by atoms with E-state index < -0.39 is 0 Å². The molecule has 0 unspecified atom stereocenters. The molecule has 4 heteroatoms. The second-order valence-corrected chi connectivity index (χ2v) is 13.7. The van der Waals surface area contributed by atoms with Crippen LogP contribution in [0, 0.1) is 0 Å². The van der Waals surface area contributed by atoms with Crippen LogP contribution in [-0.2, 0) is 0 Å². The number of aromatic nitrogens is 2. The summed E-state index contributed by atoms with van der Waals surface area (Å²) in [5.74, 6) is 0. The van der Waals surface area contributed by atoms with Crippen molar-refractivity contribution >= 4 is 87.5 Å². The minimum Gasteiger partial charge on any atom is -0.456 e. The molecule has 12 rings (SSSR count). The molecule has 4 aromatic heterocycles. The second kappa shape index (κ2) is 10.3. The second-order valence-electron chi connectivity index (χ2n) is 13.7. The van der Waals surface area contributed by atoms with Crippen LogP contribution in [0.3, 0.4) is 0 Å². The first kappa shape index (κ1) is 27.7. The van der Waals surface area contributed by atoms with E-state index >= 15 is 0 Å². The maximum absolute atomic E-state index is 6.30. The van der Waals surface area contributed by atoms with Gasteiger partial charge in [-0.05, 0) is 90.0 Å². The monoisotopic (exact) mass is 664 g/mol. The quantitative estimate of drug-likeness (QED) is 0.188. The zero-order valence-corrected chi connectivity index (χ0v) is 27.9. The third-order valence-electron chi connectivity index (χ3n) is 10.9. The maximum Gasteiger partial charge on any atom is 0.137 e. The topological polar surface area (TPSA) is 36.1 Å². The fourth-order valence-electron chi connectivity index (χ4n) is 8.57. The predicted molar refractivity (Wildman–Crippen MR) is 215 cm³/mol. The van der Waals surface area contributed by atoms with E-state index in [1.165, 1.54) is 54.7 Å². The number of fused-ring (bicyclic) bond motifs is 12. The number of hydrogen-bond acceptors (Lipinski definition) is 2. The van der Waals surface area contributed by atoms with Crippen LogP contribution in [0.2, 0.25) is 0 Å². The minimum absolute atomic E-state index is 0.895. The fraction of sp³-hybridized carbons (Fsp3) is 0. The molecule has 0 saturated carbocycles. The Morgan fingerprint density at radius 1 is 0.269 bits per heavy atom. The number of hydrogen-bond donors (Lipinski definition) is 0. The first-order valence-electron chi connectivity index (χ1n) is 17.7. The van der Waals surface area contributed by atoms with E-state index in [9.17, 15) is 0 Å². The molecule has 0 amide bonds. The Balaban J connectivity index is 1.03. The van der Waals surface area contributed by atoms with Crippen LogP contribution in [0.25, 0.3) is 110 Å². The Bertz CT molecular complexity index is 3420. The van der Waals surface area contributed by atoms with Gasteiger partial charge in [-0.25, -0.2) is 0 Å².